The molecule has 1 fully saturated rings. The maximum Gasteiger partial charge on any atom is 0.274 e. The molecule has 0 spiro atoms. The summed E-state index contributed by atoms with van der Waals surface area (Å²) in [5.41, 5.74) is 0.142. The number of pyridine rings is 1. The first-order valence-corrected chi connectivity index (χ1v) is 6.64. The molecule has 1 aliphatic rings. The molecule has 2 heterocycles. The van der Waals surface area contributed by atoms with Gasteiger partial charge in [-0.25, -0.2) is 0 Å². The number of ether oxygens (including phenoxy) is 1. The van der Waals surface area contributed by atoms with Crippen molar-refractivity contribution in [1.82, 2.24) is 4.57 Å². The summed E-state index contributed by atoms with van der Waals surface area (Å²) in [5.74, 6) is -0.247. The quantitative estimate of drug-likeness (QED) is 0.907. The van der Waals surface area contributed by atoms with Crippen molar-refractivity contribution in [1.29, 1.82) is 0 Å². The predicted octanol–water partition coefficient (Wildman–Crippen LogP) is 1.92. The summed E-state index contributed by atoms with van der Waals surface area (Å²) in [6, 6.07) is 1.76. The van der Waals surface area contributed by atoms with Crippen LogP contribution in [-0.2, 0) is 9.53 Å². The molecule has 0 saturated carbocycles. The lowest BCUT2D eigenvalue weighted by molar-refractivity contribution is -0.114. The van der Waals surface area contributed by atoms with Gasteiger partial charge in [0.2, 0.25) is 5.91 Å². The normalized spacial score (nSPS) is 16.6. The van der Waals surface area contributed by atoms with E-state index in [-0.39, 0.29) is 17.5 Å². The third-order valence-corrected chi connectivity index (χ3v) is 3.34. The molecule has 1 aromatic heterocycles. The van der Waals surface area contributed by atoms with Crippen LogP contribution in [-0.4, -0.2) is 23.7 Å². The van der Waals surface area contributed by atoms with E-state index in [4.69, 9.17) is 4.74 Å². The fraction of sp³-hybridized carbons (Fsp3) is 0.500. The molecule has 5 nitrogen and oxygen atoms in total. The Bertz CT molecular complexity index is 507. The van der Waals surface area contributed by atoms with Gasteiger partial charge in [-0.3, -0.25) is 9.59 Å². The molecule has 18 heavy (non-hydrogen) atoms. The van der Waals surface area contributed by atoms with Crippen LogP contribution >= 0.6 is 15.9 Å². The van der Waals surface area contributed by atoms with E-state index in [1.165, 1.54) is 6.92 Å². The number of nitrogens with one attached hydrogen (secondary N) is 1. The first-order chi connectivity index (χ1) is 8.58. The molecule has 1 aromatic rings. The highest BCUT2D eigenvalue weighted by molar-refractivity contribution is 9.10. The molecule has 1 N–H and O–H groups in total. The molecular formula is C12H15BrN2O3. The number of hydrogen-bond acceptors (Lipinski definition) is 3. The molecular weight excluding hydrogens is 300 g/mol. The number of halogens is 1. The zero-order valence-electron chi connectivity index (χ0n) is 10.1. The molecule has 0 atom stereocenters. The van der Waals surface area contributed by atoms with Crippen molar-refractivity contribution in [2.24, 2.45) is 0 Å². The molecule has 0 unspecified atom stereocenters. The van der Waals surface area contributed by atoms with Crippen molar-refractivity contribution in [2.75, 3.05) is 18.5 Å². The number of carbonyl (C=O) groups is 1. The van der Waals surface area contributed by atoms with Gasteiger partial charge in [0.25, 0.3) is 5.56 Å². The molecule has 2 rings (SSSR count). The first-order valence-electron chi connectivity index (χ1n) is 5.85. The number of carbonyl (C=O) groups excluding carboxylic acids is 1. The molecule has 1 amide bonds. The van der Waals surface area contributed by atoms with Gasteiger partial charge in [0.1, 0.15) is 5.69 Å². The van der Waals surface area contributed by atoms with Crippen molar-refractivity contribution in [3.05, 3.63) is 27.1 Å². The van der Waals surface area contributed by atoms with E-state index in [0.29, 0.717) is 18.9 Å². The average molecular weight is 315 g/mol. The van der Waals surface area contributed by atoms with Crippen LogP contribution in [0.15, 0.2) is 21.5 Å². The minimum Gasteiger partial charge on any atom is -0.381 e. The van der Waals surface area contributed by atoms with E-state index in [9.17, 15) is 9.59 Å². The zero-order chi connectivity index (χ0) is 13.1. The number of nitrogens with zero attached hydrogens (tertiary/aromatic N) is 1. The summed E-state index contributed by atoms with van der Waals surface area (Å²) in [4.78, 5) is 23.3. The molecule has 0 bridgehead atoms. The van der Waals surface area contributed by atoms with Gasteiger partial charge in [-0.05, 0) is 34.8 Å². The van der Waals surface area contributed by atoms with E-state index in [1.54, 1.807) is 16.8 Å². The van der Waals surface area contributed by atoms with E-state index in [2.05, 4.69) is 21.2 Å². The van der Waals surface area contributed by atoms with Crippen molar-refractivity contribution in [2.45, 2.75) is 25.8 Å². The van der Waals surface area contributed by atoms with Gasteiger partial charge in [-0.2, -0.15) is 0 Å². The van der Waals surface area contributed by atoms with Gasteiger partial charge in [-0.15, -0.1) is 0 Å². The summed E-state index contributed by atoms with van der Waals surface area (Å²) in [6.45, 7) is 2.72. The monoisotopic (exact) mass is 314 g/mol. The maximum absolute atomic E-state index is 12.2. The second-order valence-electron chi connectivity index (χ2n) is 4.31. The van der Waals surface area contributed by atoms with Crippen LogP contribution in [0.5, 0.6) is 0 Å². The Morgan fingerprint density at radius 2 is 2.17 bits per heavy atom. The van der Waals surface area contributed by atoms with Gasteiger partial charge < -0.3 is 14.6 Å². The number of hydrogen-bond donors (Lipinski definition) is 1. The molecule has 0 radical (unpaired) electrons. The van der Waals surface area contributed by atoms with Crippen LogP contribution < -0.4 is 10.9 Å². The Morgan fingerprint density at radius 1 is 1.50 bits per heavy atom. The number of anilines is 1. The molecule has 98 valence electrons. The largest absolute Gasteiger partial charge is 0.381 e. The van der Waals surface area contributed by atoms with Crippen molar-refractivity contribution in [3.8, 4) is 0 Å². The maximum atomic E-state index is 12.2. The lowest BCUT2D eigenvalue weighted by Crippen LogP contribution is -2.31. The van der Waals surface area contributed by atoms with Crippen LogP contribution in [0.25, 0.3) is 0 Å². The lowest BCUT2D eigenvalue weighted by atomic mass is 10.1. The SMILES string of the molecule is CC(=O)Nc1cc(Br)cn(C2CCOCC2)c1=O. The molecule has 1 aliphatic heterocycles. The third-order valence-electron chi connectivity index (χ3n) is 2.90. The summed E-state index contributed by atoms with van der Waals surface area (Å²) in [6.07, 6.45) is 3.40. The first kappa shape index (κ1) is 13.3. The van der Waals surface area contributed by atoms with E-state index >= 15 is 0 Å². The minimum atomic E-state index is -0.247. The topological polar surface area (TPSA) is 60.3 Å². The number of aromatic nitrogens is 1. The van der Waals surface area contributed by atoms with E-state index in [0.717, 1.165) is 17.3 Å². The molecule has 6 heteroatoms. The third kappa shape index (κ3) is 3.00. The van der Waals surface area contributed by atoms with Crippen LogP contribution in [0.3, 0.4) is 0 Å². The van der Waals surface area contributed by atoms with Gasteiger partial charge in [0.15, 0.2) is 0 Å². The summed E-state index contributed by atoms with van der Waals surface area (Å²) in [5, 5.41) is 2.56. The van der Waals surface area contributed by atoms with Crippen LogP contribution in [0.4, 0.5) is 5.69 Å². The van der Waals surface area contributed by atoms with Crippen molar-refractivity contribution in [3.63, 3.8) is 0 Å². The minimum absolute atomic E-state index is 0.135. The van der Waals surface area contributed by atoms with Gasteiger partial charge in [-0.1, -0.05) is 0 Å². The smallest absolute Gasteiger partial charge is 0.274 e. The Labute approximate surface area is 113 Å². The predicted molar refractivity (Wildman–Crippen MR) is 71.8 cm³/mol. The van der Waals surface area contributed by atoms with Gasteiger partial charge in [0, 0.05) is 36.8 Å². The number of amides is 1. The fourth-order valence-corrected chi connectivity index (χ4v) is 2.53. The van der Waals surface area contributed by atoms with Gasteiger partial charge in [0.05, 0.1) is 0 Å². The molecule has 0 aromatic carbocycles. The Balaban J connectivity index is 2.37. The van der Waals surface area contributed by atoms with Crippen molar-refractivity contribution < 1.29 is 9.53 Å². The molecule has 0 aliphatic carbocycles. The summed E-state index contributed by atoms with van der Waals surface area (Å²) < 4.78 is 7.74. The zero-order valence-corrected chi connectivity index (χ0v) is 11.7. The van der Waals surface area contributed by atoms with Crippen LogP contribution in [0.2, 0.25) is 0 Å². The van der Waals surface area contributed by atoms with Crippen LogP contribution in [0, 0.1) is 0 Å². The lowest BCUT2D eigenvalue weighted by Gasteiger charge is -2.24. The highest BCUT2D eigenvalue weighted by atomic mass is 79.9. The Morgan fingerprint density at radius 3 is 2.78 bits per heavy atom. The van der Waals surface area contributed by atoms with E-state index < -0.39 is 0 Å². The highest BCUT2D eigenvalue weighted by Gasteiger charge is 2.18. The standard InChI is InChI=1S/C12H15BrN2O3/c1-8(16)14-11-6-9(13)7-15(12(11)17)10-2-4-18-5-3-10/h6-7,10H,2-5H2,1H3,(H,14,16). The van der Waals surface area contributed by atoms with Gasteiger partial charge >= 0.3 is 0 Å². The number of rotatable bonds is 2. The second-order valence-corrected chi connectivity index (χ2v) is 5.22. The molecule has 1 saturated heterocycles. The van der Waals surface area contributed by atoms with Crippen LogP contribution in [0.1, 0.15) is 25.8 Å². The van der Waals surface area contributed by atoms with Crippen molar-refractivity contribution >= 4 is 27.5 Å². The average Bonchev–Trinajstić information content (AvgIpc) is 2.34. The highest BCUT2D eigenvalue weighted by Crippen LogP contribution is 2.22. The summed E-state index contributed by atoms with van der Waals surface area (Å²) in [7, 11) is 0. The Hall–Kier alpha value is -1.14. The van der Waals surface area contributed by atoms with E-state index in [1.807, 2.05) is 0 Å². The second kappa shape index (κ2) is 5.67. The fourth-order valence-electron chi connectivity index (χ4n) is 2.08. The summed E-state index contributed by atoms with van der Waals surface area (Å²) >= 11 is 3.36. The Kier molecular flexibility index (Phi) is 4.19.